The van der Waals surface area contributed by atoms with Crippen molar-refractivity contribution in [2.24, 2.45) is 0 Å². The maximum Gasteiger partial charge on any atom is 0.0886 e. The number of hydrogen-bond donors (Lipinski definition) is 0. The summed E-state index contributed by atoms with van der Waals surface area (Å²) in [6.07, 6.45) is 0. The summed E-state index contributed by atoms with van der Waals surface area (Å²) >= 11 is 13.4. The molecule has 0 heterocycles. The van der Waals surface area contributed by atoms with Crippen molar-refractivity contribution in [1.82, 2.24) is 0 Å². The highest BCUT2D eigenvalue weighted by Crippen LogP contribution is 2.35. The van der Waals surface area contributed by atoms with E-state index in [0.29, 0.717) is 0 Å². The molecule has 0 N–H and O–H groups in total. The normalized spacial score (nSPS) is 11.7. The van der Waals surface area contributed by atoms with Crippen molar-refractivity contribution in [3.8, 4) is 0 Å². The highest BCUT2D eigenvalue weighted by atomic mass is 35.5. The number of hydrogen-bond acceptors (Lipinski definition) is 1. The molecule has 0 spiro atoms. The lowest BCUT2D eigenvalue weighted by atomic mass is 10.4. The van der Waals surface area contributed by atoms with E-state index in [4.69, 9.17) is 23.2 Å². The zero-order chi connectivity index (χ0) is 9.19. The second-order valence-electron chi connectivity index (χ2n) is 2.92. The molecule has 0 aliphatic rings. The first-order chi connectivity index (χ1) is 5.47. The second-order valence-corrected chi connectivity index (χ2v) is 6.22. The van der Waals surface area contributed by atoms with Crippen molar-refractivity contribution in [1.29, 1.82) is 0 Å². The molecule has 0 radical (unpaired) electrons. The van der Waals surface area contributed by atoms with Gasteiger partial charge in [0, 0.05) is 9.92 Å². The van der Waals surface area contributed by atoms with E-state index in [-0.39, 0.29) is 4.21 Å². The third kappa shape index (κ3) is 3.70. The first kappa shape index (κ1) is 10.2. The van der Waals surface area contributed by atoms with Crippen LogP contribution in [0.1, 0.15) is 13.8 Å². The number of alkyl halides is 1. The summed E-state index contributed by atoms with van der Waals surface area (Å²) in [5.74, 6) is 0. The van der Waals surface area contributed by atoms with Gasteiger partial charge in [-0.1, -0.05) is 11.6 Å². The smallest absolute Gasteiger partial charge is 0.0886 e. The van der Waals surface area contributed by atoms with E-state index in [9.17, 15) is 0 Å². The Labute approximate surface area is 87.3 Å². The molecule has 0 aromatic heterocycles. The fourth-order valence-corrected chi connectivity index (χ4v) is 2.01. The molecule has 1 aromatic carbocycles. The Balaban J connectivity index is 2.71. The number of halogens is 2. The van der Waals surface area contributed by atoms with Crippen LogP contribution in [0.4, 0.5) is 0 Å². The number of benzene rings is 1. The van der Waals surface area contributed by atoms with E-state index in [0.717, 1.165) is 9.92 Å². The minimum absolute atomic E-state index is 0.256. The number of thioether (sulfide) groups is 1. The fourth-order valence-electron chi connectivity index (χ4n) is 0.783. The molecule has 12 heavy (non-hydrogen) atoms. The minimum Gasteiger partial charge on any atom is -0.108 e. The second kappa shape index (κ2) is 3.91. The van der Waals surface area contributed by atoms with Crippen molar-refractivity contribution in [3.63, 3.8) is 0 Å². The van der Waals surface area contributed by atoms with Crippen LogP contribution in [0.25, 0.3) is 0 Å². The van der Waals surface area contributed by atoms with E-state index >= 15 is 0 Å². The van der Waals surface area contributed by atoms with Crippen LogP contribution in [0, 0.1) is 0 Å². The van der Waals surface area contributed by atoms with E-state index in [1.54, 1.807) is 11.8 Å². The third-order valence-corrected chi connectivity index (χ3v) is 2.65. The molecule has 1 rings (SSSR count). The van der Waals surface area contributed by atoms with Crippen molar-refractivity contribution in [3.05, 3.63) is 29.3 Å². The van der Waals surface area contributed by atoms with Crippen LogP contribution < -0.4 is 0 Å². The average Bonchev–Trinajstić information content (AvgIpc) is 1.91. The molecule has 0 nitrogen and oxygen atoms in total. The molecule has 3 heteroatoms. The Hall–Kier alpha value is 0.150. The van der Waals surface area contributed by atoms with Gasteiger partial charge in [0.1, 0.15) is 0 Å². The van der Waals surface area contributed by atoms with E-state index < -0.39 is 0 Å². The Kier molecular flexibility index (Phi) is 3.33. The van der Waals surface area contributed by atoms with E-state index in [1.165, 1.54) is 0 Å². The minimum atomic E-state index is -0.256. The van der Waals surface area contributed by atoms with Crippen LogP contribution in [-0.4, -0.2) is 4.21 Å². The topological polar surface area (TPSA) is 0 Å². The zero-order valence-corrected chi connectivity index (χ0v) is 9.30. The average molecular weight is 221 g/mol. The lowest BCUT2D eigenvalue weighted by Crippen LogP contribution is -2.01. The van der Waals surface area contributed by atoms with Gasteiger partial charge in [-0.15, -0.1) is 23.4 Å². The van der Waals surface area contributed by atoms with Crippen LogP contribution >= 0.6 is 35.0 Å². The van der Waals surface area contributed by atoms with Crippen LogP contribution in [-0.2, 0) is 0 Å². The van der Waals surface area contributed by atoms with Gasteiger partial charge in [0.2, 0.25) is 0 Å². The van der Waals surface area contributed by atoms with Gasteiger partial charge >= 0.3 is 0 Å². The van der Waals surface area contributed by atoms with Gasteiger partial charge in [0.05, 0.1) is 4.21 Å². The monoisotopic (exact) mass is 220 g/mol. The molecule has 1 aromatic rings. The van der Waals surface area contributed by atoms with Gasteiger partial charge < -0.3 is 0 Å². The van der Waals surface area contributed by atoms with Gasteiger partial charge in [0.25, 0.3) is 0 Å². The largest absolute Gasteiger partial charge is 0.108 e. The Morgan fingerprint density at radius 1 is 1.17 bits per heavy atom. The summed E-state index contributed by atoms with van der Waals surface area (Å²) in [5.41, 5.74) is 0. The lowest BCUT2D eigenvalue weighted by Gasteiger charge is -2.14. The van der Waals surface area contributed by atoms with Gasteiger partial charge in [-0.2, -0.15) is 0 Å². The van der Waals surface area contributed by atoms with Crippen LogP contribution in [0.3, 0.4) is 0 Å². The fraction of sp³-hybridized carbons (Fsp3) is 0.333. The van der Waals surface area contributed by atoms with Crippen LogP contribution in [0.2, 0.25) is 5.02 Å². The van der Waals surface area contributed by atoms with Crippen LogP contribution in [0.5, 0.6) is 0 Å². The Bertz CT molecular complexity index is 248. The SMILES string of the molecule is CC(C)(Cl)Sc1ccc(Cl)cc1. The van der Waals surface area contributed by atoms with E-state index in [2.05, 4.69) is 0 Å². The van der Waals surface area contributed by atoms with Gasteiger partial charge in [-0.25, -0.2) is 0 Å². The summed E-state index contributed by atoms with van der Waals surface area (Å²) in [5, 5.41) is 0.756. The standard InChI is InChI=1S/C9H10Cl2S/c1-9(2,11)12-8-5-3-7(10)4-6-8/h3-6H,1-2H3. The summed E-state index contributed by atoms with van der Waals surface area (Å²) in [6.45, 7) is 3.93. The molecule has 0 saturated carbocycles. The predicted octanol–water partition coefficient (Wildman–Crippen LogP) is 4.41. The molecule has 0 atom stereocenters. The van der Waals surface area contributed by atoms with E-state index in [1.807, 2.05) is 38.1 Å². The molecule has 0 saturated heterocycles. The first-order valence-electron chi connectivity index (χ1n) is 3.61. The quantitative estimate of drug-likeness (QED) is 0.526. The van der Waals surface area contributed by atoms with Crippen molar-refractivity contribution in [2.45, 2.75) is 22.9 Å². The number of rotatable bonds is 2. The summed E-state index contributed by atoms with van der Waals surface area (Å²) in [7, 11) is 0. The first-order valence-corrected chi connectivity index (χ1v) is 5.18. The van der Waals surface area contributed by atoms with Gasteiger partial charge in [-0.3, -0.25) is 0 Å². The summed E-state index contributed by atoms with van der Waals surface area (Å²) < 4.78 is -0.256. The zero-order valence-electron chi connectivity index (χ0n) is 6.97. The van der Waals surface area contributed by atoms with Crippen molar-refractivity contribution >= 4 is 35.0 Å². The maximum atomic E-state index is 6.04. The van der Waals surface area contributed by atoms with Crippen molar-refractivity contribution in [2.75, 3.05) is 0 Å². The van der Waals surface area contributed by atoms with Crippen molar-refractivity contribution < 1.29 is 0 Å². The Morgan fingerprint density at radius 3 is 2.08 bits per heavy atom. The highest BCUT2D eigenvalue weighted by molar-refractivity contribution is 8.01. The van der Waals surface area contributed by atoms with Gasteiger partial charge in [-0.05, 0) is 38.1 Å². The maximum absolute atomic E-state index is 6.04. The molecule has 0 fully saturated rings. The predicted molar refractivity (Wildman–Crippen MR) is 57.2 cm³/mol. The third-order valence-electron chi connectivity index (χ3n) is 1.17. The molecule has 0 amide bonds. The summed E-state index contributed by atoms with van der Waals surface area (Å²) in [6, 6.07) is 7.67. The lowest BCUT2D eigenvalue weighted by molar-refractivity contribution is 1.01. The highest BCUT2D eigenvalue weighted by Gasteiger charge is 2.14. The molecular formula is C9H10Cl2S. The molecule has 0 aliphatic carbocycles. The van der Waals surface area contributed by atoms with Gasteiger partial charge in [0.15, 0.2) is 0 Å². The molecule has 66 valence electrons. The molecule has 0 unspecified atom stereocenters. The molecular weight excluding hydrogens is 211 g/mol. The Morgan fingerprint density at radius 2 is 1.67 bits per heavy atom. The molecule has 0 aliphatic heterocycles. The van der Waals surface area contributed by atoms with Crippen LogP contribution in [0.15, 0.2) is 29.2 Å². The summed E-state index contributed by atoms with van der Waals surface area (Å²) in [4.78, 5) is 1.14. The molecule has 0 bridgehead atoms.